The number of rotatable bonds is 3. The van der Waals surface area contributed by atoms with Gasteiger partial charge in [-0.2, -0.15) is 0 Å². The van der Waals surface area contributed by atoms with E-state index in [9.17, 15) is 0 Å². The van der Waals surface area contributed by atoms with Crippen molar-refractivity contribution in [2.75, 3.05) is 9.80 Å². The summed E-state index contributed by atoms with van der Waals surface area (Å²) in [4.78, 5) is 5.10. The second-order valence-corrected chi connectivity index (χ2v) is 17.6. The summed E-state index contributed by atoms with van der Waals surface area (Å²) in [5.41, 5.74) is 16.1. The lowest BCUT2D eigenvalue weighted by molar-refractivity contribution is 0.590. The molecule has 0 atom stereocenters. The van der Waals surface area contributed by atoms with Gasteiger partial charge in [0, 0.05) is 60.0 Å². The first kappa shape index (κ1) is 32.7. The summed E-state index contributed by atoms with van der Waals surface area (Å²) in [7, 11) is 0. The van der Waals surface area contributed by atoms with E-state index in [1.54, 1.807) is 0 Å². The molecule has 2 aliphatic rings. The van der Waals surface area contributed by atoms with Crippen LogP contribution >= 0.6 is 11.3 Å². The fourth-order valence-corrected chi connectivity index (χ4v) is 10.9. The van der Waals surface area contributed by atoms with Crippen LogP contribution in [0.3, 0.4) is 0 Å². The van der Waals surface area contributed by atoms with Crippen LogP contribution in [-0.2, 0) is 5.41 Å². The van der Waals surface area contributed by atoms with Crippen molar-refractivity contribution in [2.45, 2.75) is 26.2 Å². The summed E-state index contributed by atoms with van der Waals surface area (Å²) in [5.74, 6) is 0. The van der Waals surface area contributed by atoms with Crippen LogP contribution in [0.2, 0.25) is 0 Å². The highest BCUT2D eigenvalue weighted by Crippen LogP contribution is 2.48. The van der Waals surface area contributed by atoms with Crippen molar-refractivity contribution >= 4 is 111 Å². The second kappa shape index (κ2) is 12.0. The minimum absolute atomic E-state index is 0.00264. The van der Waals surface area contributed by atoms with Crippen molar-refractivity contribution in [2.24, 2.45) is 0 Å². The Kier molecular flexibility index (Phi) is 6.86. The zero-order valence-electron chi connectivity index (χ0n) is 32.1. The van der Waals surface area contributed by atoms with E-state index in [0.29, 0.717) is 0 Å². The quantitative estimate of drug-likeness (QED) is 0.167. The Labute approximate surface area is 336 Å². The van der Waals surface area contributed by atoms with Gasteiger partial charge in [-0.3, -0.25) is 0 Å². The number of thiophene rings is 1. The molecule has 0 fully saturated rings. The van der Waals surface area contributed by atoms with Crippen LogP contribution in [0.15, 0.2) is 176 Å². The van der Waals surface area contributed by atoms with Crippen LogP contribution in [0, 0.1) is 0 Å². The van der Waals surface area contributed by atoms with E-state index in [0.717, 1.165) is 11.4 Å². The van der Waals surface area contributed by atoms with E-state index in [1.807, 2.05) is 11.3 Å². The van der Waals surface area contributed by atoms with Gasteiger partial charge >= 0.3 is 0 Å². The topological polar surface area (TPSA) is 11.4 Å². The normalized spacial score (nSPS) is 13.4. The first-order valence-electron chi connectivity index (χ1n) is 19.9. The number of para-hydroxylation sites is 4. The van der Waals surface area contributed by atoms with E-state index >= 15 is 0 Å². The van der Waals surface area contributed by atoms with Crippen LogP contribution in [0.5, 0.6) is 0 Å². The zero-order valence-corrected chi connectivity index (χ0v) is 32.9. The number of fused-ring (bicyclic) bond motifs is 11. The van der Waals surface area contributed by atoms with Gasteiger partial charge in [-0.15, -0.1) is 11.3 Å². The molecule has 0 bridgehead atoms. The average molecular weight is 748 g/mol. The Hall–Kier alpha value is -6.56. The number of hydrogen-bond acceptors (Lipinski definition) is 3. The Morgan fingerprint density at radius 2 is 1.00 bits per heavy atom. The molecule has 270 valence electrons. The largest absolute Gasteiger partial charge is 0.311 e. The average Bonchev–Trinajstić information content (AvgIpc) is 3.79. The molecule has 0 radical (unpaired) electrons. The predicted molar refractivity (Wildman–Crippen MR) is 246 cm³/mol. The van der Waals surface area contributed by atoms with E-state index in [1.165, 1.54) is 92.4 Å². The minimum Gasteiger partial charge on any atom is -0.311 e. The van der Waals surface area contributed by atoms with Gasteiger partial charge in [-0.05, 0) is 117 Å². The van der Waals surface area contributed by atoms with Crippen LogP contribution in [0.4, 0.5) is 34.1 Å². The maximum atomic E-state index is 2.55. The Morgan fingerprint density at radius 3 is 1.63 bits per heavy atom. The molecule has 57 heavy (non-hydrogen) atoms. The van der Waals surface area contributed by atoms with Crippen LogP contribution in [-0.4, -0.2) is 11.3 Å². The monoisotopic (exact) mass is 747 g/mol. The molecule has 10 aromatic rings. The highest BCUT2D eigenvalue weighted by molar-refractivity contribution is 7.26. The molecule has 5 heteroatoms. The maximum absolute atomic E-state index is 2.55. The molecular weight excluding hydrogens is 709 g/mol. The van der Waals surface area contributed by atoms with Gasteiger partial charge in [-0.1, -0.05) is 118 Å². The van der Waals surface area contributed by atoms with Gasteiger partial charge in [0.1, 0.15) is 0 Å². The molecule has 0 spiro atoms. The fraction of sp³-hybridized carbons (Fsp3) is 0.0769. The molecule has 8 aromatic carbocycles. The van der Waals surface area contributed by atoms with Crippen molar-refractivity contribution in [3.05, 3.63) is 181 Å². The van der Waals surface area contributed by atoms with Crippen molar-refractivity contribution in [3.63, 3.8) is 0 Å². The molecule has 4 heterocycles. The molecule has 0 N–H and O–H groups in total. The van der Waals surface area contributed by atoms with Crippen molar-refractivity contribution in [3.8, 4) is 5.69 Å². The maximum Gasteiger partial charge on any atom is 0.253 e. The summed E-state index contributed by atoms with van der Waals surface area (Å²) < 4.78 is 5.11. The first-order chi connectivity index (χ1) is 27.9. The molecule has 0 saturated carbocycles. The predicted octanol–water partition coefficient (Wildman–Crippen LogP) is 12.5. The Bertz CT molecular complexity index is 3190. The third-order valence-corrected chi connectivity index (χ3v) is 13.4. The number of nitrogens with zero attached hydrogens (tertiary/aromatic N) is 3. The van der Waals surface area contributed by atoms with E-state index < -0.39 is 0 Å². The molecule has 2 aromatic heterocycles. The standard InChI is InChI=1S/C52H38BN3S/c1-52(2,3)33-30-45-50-46(31-33)55(35-18-8-5-9-19-35)44-32-36(56-41-23-13-10-20-37(41)38-21-11-14-24-42(38)56)26-27-40(44)53(50)51-43(54(45)34-16-6-4-7-17-34)28-29-48-49(51)39-22-12-15-25-47(39)57-48/h4-32H,1-3H3. The van der Waals surface area contributed by atoms with Gasteiger partial charge in [0.05, 0.1) is 11.0 Å². The SMILES string of the molecule is CC(C)(C)c1cc2c3c(c1)N(c1ccccc1)c1ccc4sc5ccccc5c4c1B3c1ccc(-n3c4ccccc4c4ccccc43)cc1N2c1ccccc1. The van der Waals surface area contributed by atoms with Gasteiger partial charge in [0.15, 0.2) is 0 Å². The third kappa shape index (κ3) is 4.67. The molecule has 0 saturated heterocycles. The van der Waals surface area contributed by atoms with Crippen molar-refractivity contribution in [1.29, 1.82) is 0 Å². The van der Waals surface area contributed by atoms with Crippen molar-refractivity contribution in [1.82, 2.24) is 4.57 Å². The highest BCUT2D eigenvalue weighted by Gasteiger charge is 2.45. The number of aromatic nitrogens is 1. The zero-order chi connectivity index (χ0) is 38.0. The molecule has 0 unspecified atom stereocenters. The first-order valence-corrected chi connectivity index (χ1v) is 20.7. The molecule has 3 nitrogen and oxygen atoms in total. The number of hydrogen-bond donors (Lipinski definition) is 0. The lowest BCUT2D eigenvalue weighted by Gasteiger charge is -2.45. The van der Waals surface area contributed by atoms with Gasteiger partial charge in [-0.25, -0.2) is 0 Å². The summed E-state index contributed by atoms with van der Waals surface area (Å²) >= 11 is 1.90. The lowest BCUT2D eigenvalue weighted by atomic mass is 9.33. The summed E-state index contributed by atoms with van der Waals surface area (Å²) in [6.07, 6.45) is 0. The number of benzene rings is 8. The van der Waals surface area contributed by atoms with Gasteiger partial charge in [0.2, 0.25) is 0 Å². The summed E-state index contributed by atoms with van der Waals surface area (Å²) in [6, 6.07) is 65.6. The van der Waals surface area contributed by atoms with E-state index in [-0.39, 0.29) is 12.1 Å². The second-order valence-electron chi connectivity index (χ2n) is 16.5. The van der Waals surface area contributed by atoms with E-state index in [4.69, 9.17) is 0 Å². The summed E-state index contributed by atoms with van der Waals surface area (Å²) in [5, 5.41) is 5.22. The van der Waals surface area contributed by atoms with Crippen LogP contribution in [0.25, 0.3) is 47.7 Å². The highest BCUT2D eigenvalue weighted by atomic mass is 32.1. The van der Waals surface area contributed by atoms with E-state index in [2.05, 4.69) is 211 Å². The van der Waals surface area contributed by atoms with Crippen LogP contribution < -0.4 is 26.2 Å². The van der Waals surface area contributed by atoms with Gasteiger partial charge in [0.25, 0.3) is 6.71 Å². The van der Waals surface area contributed by atoms with Crippen LogP contribution in [0.1, 0.15) is 26.3 Å². The van der Waals surface area contributed by atoms with Crippen molar-refractivity contribution < 1.29 is 0 Å². The van der Waals surface area contributed by atoms with Gasteiger partial charge < -0.3 is 14.4 Å². The molecule has 2 aliphatic heterocycles. The molecule has 12 rings (SSSR count). The Morgan fingerprint density at radius 1 is 0.439 bits per heavy atom. The fourth-order valence-electron chi connectivity index (χ4n) is 9.78. The minimum atomic E-state index is -0.0926. The molecular formula is C52H38BN3S. The smallest absolute Gasteiger partial charge is 0.253 e. The lowest BCUT2D eigenvalue weighted by Crippen LogP contribution is -2.61. The Balaban J connectivity index is 1.24. The number of anilines is 6. The third-order valence-electron chi connectivity index (χ3n) is 12.3. The molecule has 0 amide bonds. The summed E-state index contributed by atoms with van der Waals surface area (Å²) in [6.45, 7) is 7.03. The molecule has 0 aliphatic carbocycles.